The molecule has 0 aliphatic carbocycles. The Balaban J connectivity index is 1.96. The summed E-state index contributed by atoms with van der Waals surface area (Å²) in [6, 6.07) is 7.06. The molecule has 0 spiro atoms. The molecule has 21 heavy (non-hydrogen) atoms. The lowest BCUT2D eigenvalue weighted by atomic mass is 10.1. The molecule has 1 heterocycles. The van der Waals surface area contributed by atoms with Crippen LogP contribution in [0.3, 0.4) is 0 Å². The predicted octanol–water partition coefficient (Wildman–Crippen LogP) is 4.71. The van der Waals surface area contributed by atoms with Crippen molar-refractivity contribution in [3.05, 3.63) is 52.0 Å². The molecule has 3 rings (SSSR count). The summed E-state index contributed by atoms with van der Waals surface area (Å²) in [7, 11) is 0. The summed E-state index contributed by atoms with van der Waals surface area (Å²) in [6.45, 7) is 0. The lowest BCUT2D eigenvalue weighted by Crippen LogP contribution is -2.16. The van der Waals surface area contributed by atoms with E-state index in [1.165, 1.54) is 0 Å². The molecule has 0 bridgehead atoms. The number of carbonyl (C=O) groups excluding carboxylic acids is 1. The van der Waals surface area contributed by atoms with Gasteiger partial charge in [-0.25, -0.2) is 8.78 Å². The Labute approximate surface area is 130 Å². The monoisotopic (exact) mass is 369 g/mol. The molecule has 4 nitrogen and oxygen atoms in total. The fourth-order valence-corrected chi connectivity index (χ4v) is 2.80. The van der Waals surface area contributed by atoms with Crippen molar-refractivity contribution in [1.82, 2.24) is 0 Å². The second kappa shape index (κ2) is 5.45. The maximum Gasteiger partial charge on any atom is 0.261 e. The van der Waals surface area contributed by atoms with E-state index in [4.69, 9.17) is 0 Å². The zero-order valence-corrected chi connectivity index (χ0v) is 12.6. The molecule has 0 saturated carbocycles. The SMILES string of the molecule is O=C(Nc1cccc2c1N=S=N2)c1c(F)cc(Br)cc1F. The number of hydrogen-bond acceptors (Lipinski definition) is 3. The molecular formula is C13H6BrF2N3OS. The van der Waals surface area contributed by atoms with Gasteiger partial charge in [-0.3, -0.25) is 4.79 Å². The molecule has 0 atom stereocenters. The first-order chi connectivity index (χ1) is 10.1. The minimum atomic E-state index is -0.942. The van der Waals surface area contributed by atoms with Crippen molar-refractivity contribution in [2.45, 2.75) is 0 Å². The molecule has 0 saturated heterocycles. The molecule has 0 radical (unpaired) electrons. The molecule has 2 aromatic carbocycles. The van der Waals surface area contributed by atoms with Gasteiger partial charge in [0.1, 0.15) is 28.6 Å². The summed E-state index contributed by atoms with van der Waals surface area (Å²) >= 11 is 3.95. The van der Waals surface area contributed by atoms with E-state index < -0.39 is 23.1 Å². The highest BCUT2D eigenvalue weighted by Gasteiger charge is 2.20. The fourth-order valence-electron chi connectivity index (χ4n) is 1.85. The van der Waals surface area contributed by atoms with Crippen LogP contribution in [0.2, 0.25) is 0 Å². The molecule has 0 aromatic heterocycles. The smallest absolute Gasteiger partial charge is 0.261 e. The van der Waals surface area contributed by atoms with E-state index >= 15 is 0 Å². The molecule has 106 valence electrons. The third kappa shape index (κ3) is 2.64. The molecule has 0 unspecified atom stereocenters. The second-order valence-electron chi connectivity index (χ2n) is 4.14. The molecule has 1 amide bonds. The van der Waals surface area contributed by atoms with Crippen LogP contribution in [0.5, 0.6) is 0 Å². The zero-order valence-electron chi connectivity index (χ0n) is 10.2. The van der Waals surface area contributed by atoms with Crippen LogP contribution in [0.15, 0.2) is 43.5 Å². The van der Waals surface area contributed by atoms with Gasteiger partial charge in [0.25, 0.3) is 5.91 Å². The van der Waals surface area contributed by atoms with E-state index in [0.29, 0.717) is 17.1 Å². The summed E-state index contributed by atoms with van der Waals surface area (Å²) in [4.78, 5) is 12.1. The highest BCUT2D eigenvalue weighted by atomic mass is 79.9. The van der Waals surface area contributed by atoms with Crippen molar-refractivity contribution in [2.75, 3.05) is 5.32 Å². The summed E-state index contributed by atoms with van der Waals surface area (Å²) in [5.41, 5.74) is 0.801. The Bertz CT molecular complexity index is 811. The van der Waals surface area contributed by atoms with Crippen molar-refractivity contribution in [3.63, 3.8) is 0 Å². The van der Waals surface area contributed by atoms with Crippen LogP contribution in [0.4, 0.5) is 25.8 Å². The van der Waals surface area contributed by atoms with Crippen molar-refractivity contribution >= 4 is 50.3 Å². The number of halogens is 3. The second-order valence-corrected chi connectivity index (χ2v) is 5.58. The van der Waals surface area contributed by atoms with Crippen molar-refractivity contribution in [3.8, 4) is 0 Å². The van der Waals surface area contributed by atoms with Gasteiger partial charge in [-0.05, 0) is 24.3 Å². The Kier molecular flexibility index (Phi) is 3.64. The molecule has 8 heteroatoms. The average Bonchev–Trinajstić information content (AvgIpc) is 2.86. The van der Waals surface area contributed by atoms with E-state index in [-0.39, 0.29) is 4.47 Å². The van der Waals surface area contributed by atoms with E-state index in [2.05, 4.69) is 30.0 Å². The minimum Gasteiger partial charge on any atom is -0.320 e. The van der Waals surface area contributed by atoms with Crippen LogP contribution < -0.4 is 5.32 Å². The van der Waals surface area contributed by atoms with Crippen LogP contribution in [-0.2, 0) is 11.4 Å². The van der Waals surface area contributed by atoms with Crippen LogP contribution in [-0.4, -0.2) is 5.91 Å². The average molecular weight is 370 g/mol. The van der Waals surface area contributed by atoms with Gasteiger partial charge in [-0.2, -0.15) is 8.73 Å². The number of hydrogen-bond donors (Lipinski definition) is 1. The van der Waals surface area contributed by atoms with Crippen molar-refractivity contribution < 1.29 is 13.6 Å². The minimum absolute atomic E-state index is 0.222. The third-order valence-electron chi connectivity index (χ3n) is 2.77. The fraction of sp³-hybridized carbons (Fsp3) is 0. The van der Waals surface area contributed by atoms with Crippen LogP contribution in [0, 0.1) is 11.6 Å². The topological polar surface area (TPSA) is 53.8 Å². The summed E-state index contributed by atoms with van der Waals surface area (Å²) in [5, 5.41) is 2.46. The van der Waals surface area contributed by atoms with E-state index in [1.54, 1.807) is 18.2 Å². The van der Waals surface area contributed by atoms with Gasteiger partial charge in [0, 0.05) is 4.47 Å². The largest absolute Gasteiger partial charge is 0.320 e. The first kappa shape index (κ1) is 14.0. The summed E-state index contributed by atoms with van der Waals surface area (Å²) < 4.78 is 35.8. The lowest BCUT2D eigenvalue weighted by Gasteiger charge is -2.09. The van der Waals surface area contributed by atoms with Gasteiger partial charge >= 0.3 is 0 Å². The molecule has 1 aliphatic heterocycles. The molecular weight excluding hydrogens is 364 g/mol. The third-order valence-corrected chi connectivity index (χ3v) is 3.77. The Morgan fingerprint density at radius 2 is 1.90 bits per heavy atom. The van der Waals surface area contributed by atoms with Crippen LogP contribution >= 0.6 is 15.9 Å². The number of carbonyl (C=O) groups is 1. The normalized spacial score (nSPS) is 12.0. The maximum atomic E-state index is 13.8. The molecule has 1 aliphatic rings. The van der Waals surface area contributed by atoms with Gasteiger partial charge in [0.15, 0.2) is 0 Å². The van der Waals surface area contributed by atoms with Gasteiger partial charge in [0.2, 0.25) is 0 Å². The predicted molar refractivity (Wildman–Crippen MR) is 80.0 cm³/mol. The first-order valence-electron chi connectivity index (χ1n) is 5.73. The first-order valence-corrected chi connectivity index (χ1v) is 7.26. The zero-order chi connectivity index (χ0) is 15.0. The number of rotatable bonds is 2. The Morgan fingerprint density at radius 1 is 1.19 bits per heavy atom. The van der Waals surface area contributed by atoms with Crippen molar-refractivity contribution in [2.24, 2.45) is 8.73 Å². The number of nitrogens with zero attached hydrogens (tertiary/aromatic N) is 2. The lowest BCUT2D eigenvalue weighted by molar-refractivity contribution is 0.101. The van der Waals surface area contributed by atoms with Gasteiger partial charge in [0.05, 0.1) is 17.0 Å². The Hall–Kier alpha value is -1.93. The highest BCUT2D eigenvalue weighted by Crippen LogP contribution is 2.38. The molecule has 1 N–H and O–H groups in total. The van der Waals surface area contributed by atoms with Gasteiger partial charge in [-0.15, -0.1) is 0 Å². The van der Waals surface area contributed by atoms with E-state index in [0.717, 1.165) is 23.5 Å². The number of nitrogens with one attached hydrogen (secondary N) is 1. The van der Waals surface area contributed by atoms with E-state index in [1.807, 2.05) is 0 Å². The standard InChI is InChI=1S/C13H6BrF2N3OS/c14-6-4-7(15)11(8(16)5-6)13(20)17-9-2-1-3-10-12(9)19-21-18-10/h1-5H,(H,17,20). The van der Waals surface area contributed by atoms with Gasteiger partial charge < -0.3 is 5.32 Å². The molecule has 2 aromatic rings. The van der Waals surface area contributed by atoms with Crippen LogP contribution in [0.25, 0.3) is 0 Å². The summed E-state index contributed by atoms with van der Waals surface area (Å²) in [5.74, 6) is -2.76. The number of fused-ring (bicyclic) bond motifs is 1. The Morgan fingerprint density at radius 3 is 2.62 bits per heavy atom. The number of amides is 1. The number of benzene rings is 2. The summed E-state index contributed by atoms with van der Waals surface area (Å²) in [6.07, 6.45) is 0. The van der Waals surface area contributed by atoms with E-state index in [9.17, 15) is 13.6 Å². The van der Waals surface area contributed by atoms with Crippen molar-refractivity contribution in [1.29, 1.82) is 0 Å². The van der Waals surface area contributed by atoms with Crippen LogP contribution in [0.1, 0.15) is 10.4 Å². The number of anilines is 1. The van der Waals surface area contributed by atoms with Gasteiger partial charge in [-0.1, -0.05) is 22.0 Å². The maximum absolute atomic E-state index is 13.8. The highest BCUT2D eigenvalue weighted by molar-refractivity contribution is 9.10. The quantitative estimate of drug-likeness (QED) is 0.698. The molecule has 0 fully saturated rings.